The molecule has 0 aliphatic heterocycles. The summed E-state index contributed by atoms with van der Waals surface area (Å²) >= 11 is 0. The van der Waals surface area contributed by atoms with Crippen molar-refractivity contribution in [2.24, 2.45) is 5.73 Å². The van der Waals surface area contributed by atoms with Gasteiger partial charge < -0.3 is 10.8 Å². The van der Waals surface area contributed by atoms with Crippen molar-refractivity contribution in [3.05, 3.63) is 12.7 Å². The Balaban J connectivity index is 4.33. The quantitative estimate of drug-likeness (QED) is 0.383. The molecule has 0 aliphatic rings. The smallest absolute Gasteiger partial charge is 0.321 e. The molecule has 94 valence electrons. The lowest BCUT2D eigenvalue weighted by Gasteiger charge is -2.13. The van der Waals surface area contributed by atoms with Crippen LogP contribution in [0.15, 0.2) is 12.7 Å². The standard InChI is InChI=1S/C9H18N2O4S/c1-2-7-16(14,15)11-8(9(12)13)5-3-4-6-10/h2,8,11H,1,3-7,10H2,(H,12,13). The number of aliphatic carboxylic acids is 1. The number of carboxylic acids is 1. The summed E-state index contributed by atoms with van der Waals surface area (Å²) in [5.41, 5.74) is 5.27. The molecule has 1 unspecified atom stereocenters. The molecular formula is C9H18N2O4S. The molecule has 0 saturated carbocycles. The van der Waals surface area contributed by atoms with Crippen LogP contribution in [0.4, 0.5) is 0 Å². The van der Waals surface area contributed by atoms with E-state index in [0.717, 1.165) is 0 Å². The van der Waals surface area contributed by atoms with E-state index in [-0.39, 0.29) is 12.2 Å². The topological polar surface area (TPSA) is 109 Å². The average molecular weight is 250 g/mol. The van der Waals surface area contributed by atoms with E-state index in [0.29, 0.717) is 19.4 Å². The van der Waals surface area contributed by atoms with Crippen molar-refractivity contribution in [3.8, 4) is 0 Å². The minimum Gasteiger partial charge on any atom is -0.480 e. The van der Waals surface area contributed by atoms with E-state index in [9.17, 15) is 13.2 Å². The molecule has 0 spiro atoms. The molecule has 0 saturated heterocycles. The van der Waals surface area contributed by atoms with Gasteiger partial charge in [0.05, 0.1) is 5.75 Å². The lowest BCUT2D eigenvalue weighted by atomic mass is 10.1. The lowest BCUT2D eigenvalue weighted by molar-refractivity contribution is -0.139. The van der Waals surface area contributed by atoms with E-state index in [1.807, 2.05) is 0 Å². The maximum absolute atomic E-state index is 11.3. The van der Waals surface area contributed by atoms with Crippen molar-refractivity contribution in [2.75, 3.05) is 12.3 Å². The third kappa shape index (κ3) is 6.54. The summed E-state index contributed by atoms with van der Waals surface area (Å²) in [5.74, 6) is -1.46. The van der Waals surface area contributed by atoms with Gasteiger partial charge in [0.1, 0.15) is 6.04 Å². The van der Waals surface area contributed by atoms with Crippen LogP contribution in [-0.2, 0) is 14.8 Å². The van der Waals surface area contributed by atoms with E-state index in [1.54, 1.807) is 0 Å². The SMILES string of the molecule is C=CCS(=O)(=O)NC(CCCCN)C(=O)O. The largest absolute Gasteiger partial charge is 0.480 e. The molecule has 4 N–H and O–H groups in total. The van der Waals surface area contributed by atoms with Crippen LogP contribution in [0.3, 0.4) is 0 Å². The Kier molecular flexibility index (Phi) is 6.95. The molecule has 1 atom stereocenters. The zero-order valence-corrected chi connectivity index (χ0v) is 9.87. The number of hydrogen-bond donors (Lipinski definition) is 3. The van der Waals surface area contributed by atoms with Gasteiger partial charge in [-0.2, -0.15) is 0 Å². The summed E-state index contributed by atoms with van der Waals surface area (Å²) in [6, 6.07) is -1.09. The van der Waals surface area contributed by atoms with Crippen LogP contribution in [0.5, 0.6) is 0 Å². The van der Waals surface area contributed by atoms with E-state index in [4.69, 9.17) is 10.8 Å². The predicted molar refractivity (Wildman–Crippen MR) is 61.4 cm³/mol. The van der Waals surface area contributed by atoms with E-state index in [1.165, 1.54) is 6.08 Å². The Morgan fingerprint density at radius 2 is 2.12 bits per heavy atom. The van der Waals surface area contributed by atoms with E-state index >= 15 is 0 Å². The summed E-state index contributed by atoms with van der Waals surface area (Å²) in [6.07, 6.45) is 2.70. The number of nitrogens with one attached hydrogen (secondary N) is 1. The van der Waals surface area contributed by atoms with E-state index < -0.39 is 22.0 Å². The van der Waals surface area contributed by atoms with Crippen LogP contribution < -0.4 is 10.5 Å². The van der Waals surface area contributed by atoms with Gasteiger partial charge in [-0.3, -0.25) is 4.79 Å². The number of nitrogens with two attached hydrogens (primary N) is 1. The highest BCUT2D eigenvalue weighted by atomic mass is 32.2. The van der Waals surface area contributed by atoms with Crippen LogP contribution >= 0.6 is 0 Å². The molecule has 0 aromatic heterocycles. The highest BCUT2D eigenvalue weighted by molar-refractivity contribution is 7.89. The van der Waals surface area contributed by atoms with Gasteiger partial charge >= 0.3 is 5.97 Å². The second-order valence-electron chi connectivity index (χ2n) is 3.36. The first-order valence-corrected chi connectivity index (χ1v) is 6.62. The Bertz CT molecular complexity index is 326. The van der Waals surface area contributed by atoms with Crippen LogP contribution in [0.25, 0.3) is 0 Å². The highest BCUT2D eigenvalue weighted by Gasteiger charge is 2.22. The minimum absolute atomic E-state index is 0.239. The summed E-state index contributed by atoms with van der Waals surface area (Å²) in [5, 5.41) is 8.82. The summed E-state index contributed by atoms with van der Waals surface area (Å²) < 4.78 is 24.7. The zero-order chi connectivity index (χ0) is 12.6. The van der Waals surface area contributed by atoms with Gasteiger partial charge in [0.2, 0.25) is 10.0 Å². The fraction of sp³-hybridized carbons (Fsp3) is 0.667. The second-order valence-corrected chi connectivity index (χ2v) is 5.16. The number of rotatable bonds is 9. The number of hydrogen-bond acceptors (Lipinski definition) is 4. The maximum atomic E-state index is 11.3. The number of sulfonamides is 1. The second kappa shape index (κ2) is 7.37. The molecule has 0 fully saturated rings. The van der Waals surface area contributed by atoms with Crippen LogP contribution in [0.2, 0.25) is 0 Å². The lowest BCUT2D eigenvalue weighted by Crippen LogP contribution is -2.41. The third-order valence-electron chi connectivity index (χ3n) is 1.90. The Labute approximate surface area is 95.6 Å². The Hall–Kier alpha value is -0.920. The number of carboxylic acid groups (broad SMARTS) is 1. The Morgan fingerprint density at radius 1 is 1.50 bits per heavy atom. The average Bonchev–Trinajstić information content (AvgIpc) is 2.16. The first kappa shape index (κ1) is 15.1. The molecule has 6 nitrogen and oxygen atoms in total. The predicted octanol–water partition coefficient (Wildman–Crippen LogP) is -0.326. The van der Waals surface area contributed by atoms with E-state index in [2.05, 4.69) is 11.3 Å². The summed E-state index contributed by atoms with van der Waals surface area (Å²) in [7, 11) is -3.59. The zero-order valence-electron chi connectivity index (χ0n) is 9.05. The summed E-state index contributed by atoms with van der Waals surface area (Å²) in [4.78, 5) is 10.8. The molecule has 0 bridgehead atoms. The molecule has 0 heterocycles. The first-order valence-electron chi connectivity index (χ1n) is 4.96. The normalized spacial score (nSPS) is 13.3. The number of unbranched alkanes of at least 4 members (excludes halogenated alkanes) is 1. The molecule has 0 aromatic carbocycles. The van der Waals surface area contributed by atoms with Crippen molar-refractivity contribution in [2.45, 2.75) is 25.3 Å². The Morgan fingerprint density at radius 3 is 2.56 bits per heavy atom. The monoisotopic (exact) mass is 250 g/mol. The van der Waals surface area contributed by atoms with Crippen molar-refractivity contribution < 1.29 is 18.3 Å². The van der Waals surface area contributed by atoms with Crippen molar-refractivity contribution in [3.63, 3.8) is 0 Å². The molecule has 0 aromatic rings. The molecule has 0 aliphatic carbocycles. The van der Waals surface area contributed by atoms with Gasteiger partial charge in [-0.05, 0) is 19.4 Å². The molecule has 0 rings (SSSR count). The fourth-order valence-electron chi connectivity index (χ4n) is 1.15. The molecular weight excluding hydrogens is 232 g/mol. The fourth-order valence-corrected chi connectivity index (χ4v) is 2.20. The van der Waals surface area contributed by atoms with Crippen LogP contribution in [0, 0.1) is 0 Å². The molecule has 0 amide bonds. The van der Waals surface area contributed by atoms with Gasteiger partial charge in [0.15, 0.2) is 0 Å². The van der Waals surface area contributed by atoms with Crippen molar-refractivity contribution in [1.29, 1.82) is 0 Å². The van der Waals surface area contributed by atoms with Crippen LogP contribution in [-0.4, -0.2) is 37.8 Å². The maximum Gasteiger partial charge on any atom is 0.321 e. The van der Waals surface area contributed by atoms with Crippen LogP contribution in [0.1, 0.15) is 19.3 Å². The molecule has 0 radical (unpaired) electrons. The third-order valence-corrected chi connectivity index (χ3v) is 3.22. The molecule has 7 heteroatoms. The molecule has 16 heavy (non-hydrogen) atoms. The van der Waals surface area contributed by atoms with Crippen molar-refractivity contribution in [1.82, 2.24) is 4.72 Å². The highest BCUT2D eigenvalue weighted by Crippen LogP contribution is 2.02. The summed E-state index contributed by atoms with van der Waals surface area (Å²) in [6.45, 7) is 3.75. The van der Waals surface area contributed by atoms with Crippen molar-refractivity contribution >= 4 is 16.0 Å². The van der Waals surface area contributed by atoms with Gasteiger partial charge in [-0.25, -0.2) is 13.1 Å². The minimum atomic E-state index is -3.59. The van der Waals surface area contributed by atoms with Gasteiger partial charge in [-0.1, -0.05) is 12.5 Å². The van der Waals surface area contributed by atoms with Gasteiger partial charge in [0, 0.05) is 0 Å². The van der Waals surface area contributed by atoms with Gasteiger partial charge in [-0.15, -0.1) is 6.58 Å². The first-order chi connectivity index (χ1) is 7.43. The van der Waals surface area contributed by atoms with Gasteiger partial charge in [0.25, 0.3) is 0 Å². The number of carbonyl (C=O) groups is 1.